The maximum absolute atomic E-state index is 9.00. The van der Waals surface area contributed by atoms with Crippen LogP contribution in [0.2, 0.25) is 0 Å². The molecule has 0 aromatic carbocycles. The van der Waals surface area contributed by atoms with E-state index in [2.05, 4.69) is 0 Å². The number of aliphatic carboxylic acids is 1. The minimum atomic E-state index is -0.833. The molecule has 0 spiro atoms. The average Bonchev–Trinajstić information content (AvgIpc) is 0.811. The summed E-state index contributed by atoms with van der Waals surface area (Å²) in [6.07, 6.45) is 0. The maximum atomic E-state index is 9.00. The van der Waals surface area contributed by atoms with Crippen molar-refractivity contribution in [3.05, 3.63) is 0 Å². The Kier molecular flexibility index (Phi) is 24.4. The van der Waals surface area contributed by atoms with E-state index in [4.69, 9.17) is 9.90 Å². The molecule has 0 heterocycles. The topological polar surface area (TPSA) is 37.3 Å². The Hall–Kier alpha value is 0.660. The van der Waals surface area contributed by atoms with Gasteiger partial charge in [0, 0.05) is 44.7 Å². The largest absolute Gasteiger partial charge is 0.481 e. The summed E-state index contributed by atoms with van der Waals surface area (Å²) in [5, 5.41) is 7.42. The molecule has 0 aromatic heterocycles. The normalized spacial score (nSPS) is 4.17. The molecule has 40 valence electrons. The van der Waals surface area contributed by atoms with Crippen molar-refractivity contribution in [3.8, 4) is 0 Å². The summed E-state index contributed by atoms with van der Waals surface area (Å²) in [6.45, 7) is 1.08. The summed E-state index contributed by atoms with van der Waals surface area (Å²) in [5.41, 5.74) is 0. The Balaban J connectivity index is -0.0000000450. The molecule has 1 N–H and O–H groups in total. The van der Waals surface area contributed by atoms with Gasteiger partial charge in [0.05, 0.1) is 0 Å². The number of rotatable bonds is 0. The van der Waals surface area contributed by atoms with E-state index in [9.17, 15) is 0 Å². The molecule has 0 saturated heterocycles. The average molecular weight is 120 g/mol. The predicted molar refractivity (Wildman–Crippen MR) is 15.8 cm³/mol. The van der Waals surface area contributed by atoms with Crippen LogP contribution >= 0.6 is 0 Å². The molecule has 0 bridgehead atoms. The van der Waals surface area contributed by atoms with Crippen LogP contribution in [0.5, 0.6) is 0 Å². The van der Waals surface area contributed by atoms with Crippen LogP contribution in [0, 0.1) is 37.7 Å². The van der Waals surface area contributed by atoms with Crippen molar-refractivity contribution in [1.29, 1.82) is 0 Å². The van der Waals surface area contributed by atoms with Gasteiger partial charge in [0.1, 0.15) is 0 Å². The number of halogens is 1. The third-order valence-electron chi connectivity index (χ3n) is 0. The van der Waals surface area contributed by atoms with Crippen molar-refractivity contribution in [2.24, 2.45) is 0 Å². The Morgan fingerprint density at radius 3 is 1.67 bits per heavy atom. The van der Waals surface area contributed by atoms with Crippen LogP contribution < -0.4 is 0 Å². The van der Waals surface area contributed by atoms with Crippen LogP contribution in [-0.2, 0) is 4.79 Å². The molecule has 0 aromatic rings. The van der Waals surface area contributed by atoms with Gasteiger partial charge in [-0.3, -0.25) is 9.50 Å². The summed E-state index contributed by atoms with van der Waals surface area (Å²) in [6, 6.07) is 0. The van der Waals surface area contributed by atoms with E-state index in [1.54, 1.807) is 0 Å². The summed E-state index contributed by atoms with van der Waals surface area (Å²) in [4.78, 5) is 9.00. The quantitative estimate of drug-likeness (QED) is 0.497. The molecule has 0 aliphatic heterocycles. The fraction of sp³-hybridized carbons (Fsp3) is 0.500. The minimum absolute atomic E-state index is 0. The fourth-order valence-electron chi connectivity index (χ4n) is 0. The zero-order valence-electron chi connectivity index (χ0n) is 3.12. The molecule has 0 radical (unpaired) electrons. The van der Waals surface area contributed by atoms with Crippen molar-refractivity contribution in [2.45, 2.75) is 6.92 Å². The van der Waals surface area contributed by atoms with Gasteiger partial charge in [-0.05, 0) is 0 Å². The molecule has 2 nitrogen and oxygen atoms in total. The van der Waals surface area contributed by atoms with E-state index in [-0.39, 0.29) is 42.4 Å². The van der Waals surface area contributed by atoms with Gasteiger partial charge in [-0.25, -0.2) is 0 Å². The number of hydrogen-bond acceptors (Lipinski definition) is 1. The Morgan fingerprint density at radius 2 is 1.67 bits per heavy atom. The maximum Gasteiger partial charge on any atom is 0.300 e. The standard InChI is InChI=1S/C2H4O2.Ar.FH/c1-2(3)4;;/h1H3,(H,3,4);;1H. The SMILES string of the molecule is CC(=O)O.F.[Ar]. The molecule has 4 heteroatoms. The van der Waals surface area contributed by atoms with Crippen molar-refractivity contribution in [2.75, 3.05) is 0 Å². The number of hydrogen-bond donors (Lipinski definition) is 1. The Labute approximate surface area is 64.9 Å². The van der Waals surface area contributed by atoms with Crippen molar-refractivity contribution in [3.63, 3.8) is 0 Å². The predicted octanol–water partition coefficient (Wildman–Crippen LogP) is 0.243. The van der Waals surface area contributed by atoms with Crippen LogP contribution in [0.15, 0.2) is 0 Å². The molecule has 6 heavy (non-hydrogen) atoms. The first kappa shape index (κ1) is 15.9. The molecular weight excluding hydrogens is 115 g/mol. The first-order chi connectivity index (χ1) is 1.73. The third kappa shape index (κ3) is 143. The van der Waals surface area contributed by atoms with E-state index in [0.717, 1.165) is 6.92 Å². The molecule has 0 atom stereocenters. The zero-order chi connectivity index (χ0) is 3.58. The molecular formula is C2H5ArFO2. The van der Waals surface area contributed by atoms with Gasteiger partial charge >= 0.3 is 0 Å². The summed E-state index contributed by atoms with van der Waals surface area (Å²) in [5.74, 6) is -0.833. The first-order valence-corrected chi connectivity index (χ1v) is 0.928. The van der Waals surface area contributed by atoms with Crippen LogP contribution in [0.1, 0.15) is 6.92 Å². The van der Waals surface area contributed by atoms with E-state index < -0.39 is 5.97 Å². The van der Waals surface area contributed by atoms with Gasteiger partial charge < -0.3 is 5.11 Å². The minimum Gasteiger partial charge on any atom is -0.481 e. The second kappa shape index (κ2) is 9.18. The molecule has 0 rings (SSSR count). The third-order valence-corrected chi connectivity index (χ3v) is 0. The molecule has 0 unspecified atom stereocenters. The van der Waals surface area contributed by atoms with Gasteiger partial charge in [-0.15, -0.1) is 0 Å². The van der Waals surface area contributed by atoms with Crippen LogP contribution in [-0.4, -0.2) is 11.1 Å². The van der Waals surface area contributed by atoms with Gasteiger partial charge in [0.15, 0.2) is 0 Å². The molecule has 0 fully saturated rings. The number of carboxylic acids is 1. The number of carboxylic acid groups (broad SMARTS) is 1. The van der Waals surface area contributed by atoms with Gasteiger partial charge in [0.25, 0.3) is 5.97 Å². The molecule has 0 aliphatic carbocycles. The molecule has 0 saturated carbocycles. The summed E-state index contributed by atoms with van der Waals surface area (Å²) >= 11 is 0. The van der Waals surface area contributed by atoms with E-state index in [0.29, 0.717) is 0 Å². The van der Waals surface area contributed by atoms with Crippen molar-refractivity contribution >= 4 is 5.97 Å². The fourth-order valence-corrected chi connectivity index (χ4v) is 0. The van der Waals surface area contributed by atoms with Crippen LogP contribution in [0.25, 0.3) is 0 Å². The molecule has 0 amide bonds. The second-order valence-electron chi connectivity index (χ2n) is 0.519. The Bertz CT molecular complexity index is 34.5. The van der Waals surface area contributed by atoms with Crippen LogP contribution in [0.4, 0.5) is 4.70 Å². The van der Waals surface area contributed by atoms with Gasteiger partial charge in [-0.2, -0.15) is 0 Å². The van der Waals surface area contributed by atoms with E-state index >= 15 is 0 Å². The zero-order valence-corrected chi connectivity index (χ0v) is 3.82. The van der Waals surface area contributed by atoms with E-state index in [1.807, 2.05) is 0 Å². The van der Waals surface area contributed by atoms with Crippen LogP contribution in [0.3, 0.4) is 0 Å². The van der Waals surface area contributed by atoms with Crippen molar-refractivity contribution < 1.29 is 52.3 Å². The van der Waals surface area contributed by atoms with Gasteiger partial charge in [-0.1, -0.05) is 0 Å². The summed E-state index contributed by atoms with van der Waals surface area (Å²) < 4.78 is 0. The first-order valence-electron chi connectivity index (χ1n) is 0.928. The van der Waals surface area contributed by atoms with Crippen molar-refractivity contribution in [1.82, 2.24) is 0 Å². The smallest absolute Gasteiger partial charge is 0.300 e. The Morgan fingerprint density at radius 1 is 1.67 bits per heavy atom. The molecule has 0 aliphatic rings. The second-order valence-corrected chi connectivity index (χ2v) is 0.519. The summed E-state index contributed by atoms with van der Waals surface area (Å²) in [7, 11) is 0. The van der Waals surface area contributed by atoms with Gasteiger partial charge in [0.2, 0.25) is 0 Å². The number of carbonyl (C=O) groups is 1. The monoisotopic (exact) mass is 120 g/mol. The van der Waals surface area contributed by atoms with E-state index in [1.165, 1.54) is 0 Å².